The van der Waals surface area contributed by atoms with Gasteiger partial charge in [-0.15, -0.1) is 0 Å². The molecule has 0 aliphatic rings. The van der Waals surface area contributed by atoms with Crippen molar-refractivity contribution in [3.8, 4) is 0 Å². The van der Waals surface area contributed by atoms with Gasteiger partial charge in [-0.25, -0.2) is 0 Å². The molecule has 16 valence electrons. The van der Waals surface area contributed by atoms with E-state index in [0.717, 1.165) is 0 Å². The van der Waals surface area contributed by atoms with Gasteiger partial charge in [-0.2, -0.15) is 0 Å². The Morgan fingerprint density at radius 3 is 1.00 bits per heavy atom. The van der Waals surface area contributed by atoms with E-state index in [4.69, 9.17) is 0 Å². The van der Waals surface area contributed by atoms with Gasteiger partial charge < -0.3 is 0 Å². The first-order valence-corrected chi connectivity index (χ1v) is 0. The molecule has 0 heterocycles. The van der Waals surface area contributed by atoms with Crippen molar-refractivity contribution in [1.82, 2.24) is 0 Å². The summed E-state index contributed by atoms with van der Waals surface area (Å²) in [6.07, 6.45) is 0. The minimum absolute atomic E-state index is 0. The normalized spacial score (nSPS) is 0. The Kier molecular flexibility index (Phi) is 95.7. The van der Waals surface area contributed by atoms with Crippen molar-refractivity contribution in [2.75, 3.05) is 0 Å². The third-order valence-corrected chi connectivity index (χ3v) is 0. The van der Waals surface area contributed by atoms with Crippen molar-refractivity contribution in [1.29, 1.82) is 0 Å². The summed E-state index contributed by atoms with van der Waals surface area (Å²) < 4.78 is 0. The second kappa shape index (κ2) is 15.7. The molecule has 0 unspecified atom stereocenters. The van der Waals surface area contributed by atoms with Crippen molar-refractivity contribution < 1.29 is 0 Å². The van der Waals surface area contributed by atoms with E-state index in [9.17, 15) is 0 Å². The summed E-state index contributed by atoms with van der Waals surface area (Å²) in [6.45, 7) is 0. The predicted molar refractivity (Wildman–Crippen MR) is 32.8 cm³/mol. The van der Waals surface area contributed by atoms with Crippen LogP contribution in [0, 0.1) is 0 Å². The van der Waals surface area contributed by atoms with Gasteiger partial charge in [0.1, 0.15) is 0 Å². The van der Waals surface area contributed by atoms with E-state index in [1.165, 1.54) is 0 Å². The van der Waals surface area contributed by atoms with E-state index < -0.39 is 0 Å². The molecular weight excluding hydrogens is 251 g/mol. The van der Waals surface area contributed by atoms with E-state index in [1.54, 1.807) is 0 Å². The van der Waals surface area contributed by atoms with Crippen LogP contribution in [0.4, 0.5) is 0 Å². The molecule has 0 N–H and O–H groups in total. The molecule has 2 radical (unpaired) electrons. The van der Waals surface area contributed by atoms with E-state index in [0.29, 0.717) is 0 Å². The van der Waals surface area contributed by atoms with Gasteiger partial charge in [0.15, 0.2) is 0 Å². The average Bonchev–Trinajstić information content (AvgIpc) is 0. The second-order valence-electron chi connectivity index (χ2n) is 0. The molecular formula is H7GaKNaSn. The zero-order valence-corrected chi connectivity index (χ0v) is 4.74. The molecule has 0 rings (SSSR count). The molecule has 0 aromatic carbocycles. The van der Waals surface area contributed by atoms with Crippen LogP contribution in [0.2, 0.25) is 0 Å². The molecule has 0 aromatic heterocycles. The van der Waals surface area contributed by atoms with Gasteiger partial charge >= 0.3 is 125 Å². The Labute approximate surface area is 121 Å². The molecule has 4 heteroatoms. The Hall–Kier alpha value is 4.07. The molecule has 0 bridgehead atoms. The monoisotopic (exact) mass is 258 g/mol. The van der Waals surface area contributed by atoms with E-state index in [-0.39, 0.29) is 125 Å². The van der Waals surface area contributed by atoms with E-state index in [2.05, 4.69) is 0 Å². The van der Waals surface area contributed by atoms with Gasteiger partial charge in [0.25, 0.3) is 0 Å². The van der Waals surface area contributed by atoms with Gasteiger partial charge in [0, 0.05) is 0 Å². The topological polar surface area (TPSA) is 0 Å². The van der Waals surface area contributed by atoms with Crippen LogP contribution in [0.25, 0.3) is 0 Å². The summed E-state index contributed by atoms with van der Waals surface area (Å²) >= 11 is 0. The van der Waals surface area contributed by atoms with Crippen LogP contribution in [0.1, 0.15) is 0 Å². The summed E-state index contributed by atoms with van der Waals surface area (Å²) in [7, 11) is 0. The zero-order valence-electron chi connectivity index (χ0n) is 0.707. The molecule has 0 aromatic rings. The predicted octanol–water partition coefficient (Wildman–Crippen LogP) is -3.40. The summed E-state index contributed by atoms with van der Waals surface area (Å²) in [5.41, 5.74) is 0. The van der Waals surface area contributed by atoms with Crippen molar-refractivity contribution in [2.24, 2.45) is 0 Å². The fourth-order valence-electron chi connectivity index (χ4n) is 0. The molecule has 0 fully saturated rings. The first-order valence-electron chi connectivity index (χ1n) is 0. The molecule has 4 heavy (non-hydrogen) atoms. The summed E-state index contributed by atoms with van der Waals surface area (Å²) in [4.78, 5) is 0. The van der Waals surface area contributed by atoms with Crippen molar-refractivity contribution >= 4 is 125 Å². The Morgan fingerprint density at radius 1 is 1.00 bits per heavy atom. The van der Waals surface area contributed by atoms with Crippen LogP contribution in [-0.4, -0.2) is 125 Å². The van der Waals surface area contributed by atoms with Crippen LogP contribution >= 0.6 is 0 Å². The molecule has 0 aliphatic heterocycles. The van der Waals surface area contributed by atoms with E-state index in [1.807, 2.05) is 0 Å². The number of hydrogen-bond donors (Lipinski definition) is 0. The van der Waals surface area contributed by atoms with Gasteiger partial charge in [-0.3, -0.25) is 0 Å². The fraction of sp³-hybridized carbons (Fsp3) is 0. The van der Waals surface area contributed by atoms with Crippen LogP contribution in [0.3, 0.4) is 0 Å². The number of hydrogen-bond acceptors (Lipinski definition) is 0. The maximum absolute atomic E-state index is 0. The average molecular weight is 258 g/mol. The SMILES string of the molecule is [GaH3].[KH].[NaH].[SnH2]. The van der Waals surface area contributed by atoms with Crippen molar-refractivity contribution in [2.45, 2.75) is 0 Å². The first-order chi connectivity index (χ1) is 0. The Bertz CT molecular complexity index is 8.00. The molecule has 0 atom stereocenters. The van der Waals surface area contributed by atoms with Gasteiger partial charge in [0.2, 0.25) is 0 Å². The molecule has 0 aliphatic carbocycles. The Balaban J connectivity index is 0. The fourth-order valence-corrected chi connectivity index (χ4v) is 0. The molecule has 0 spiro atoms. The quantitative estimate of drug-likeness (QED) is 0.397. The second-order valence-corrected chi connectivity index (χ2v) is 0. The summed E-state index contributed by atoms with van der Waals surface area (Å²) in [5, 5.41) is 0. The van der Waals surface area contributed by atoms with Crippen molar-refractivity contribution in [3.05, 3.63) is 0 Å². The zero-order chi connectivity index (χ0) is 0. The Morgan fingerprint density at radius 2 is 1.00 bits per heavy atom. The molecule has 0 nitrogen and oxygen atoms in total. The van der Waals surface area contributed by atoms with Gasteiger partial charge in [-0.05, 0) is 0 Å². The van der Waals surface area contributed by atoms with Gasteiger partial charge in [0.05, 0.1) is 0 Å². The first kappa shape index (κ1) is 24.3. The summed E-state index contributed by atoms with van der Waals surface area (Å²) in [6, 6.07) is 0. The molecule has 0 amide bonds. The van der Waals surface area contributed by atoms with E-state index >= 15 is 0 Å². The standard InChI is InChI=1S/Ga.K.Na.Sn.7H. The maximum atomic E-state index is 0. The third kappa shape index (κ3) is 9.42. The summed E-state index contributed by atoms with van der Waals surface area (Å²) in [5.74, 6) is 0. The molecule has 0 saturated heterocycles. The van der Waals surface area contributed by atoms with Crippen LogP contribution in [0.15, 0.2) is 0 Å². The van der Waals surface area contributed by atoms with Crippen LogP contribution < -0.4 is 0 Å². The van der Waals surface area contributed by atoms with Crippen LogP contribution in [-0.2, 0) is 0 Å². The van der Waals surface area contributed by atoms with Crippen LogP contribution in [0.5, 0.6) is 0 Å². The third-order valence-electron chi connectivity index (χ3n) is 0. The number of rotatable bonds is 0. The molecule has 0 saturated carbocycles. The van der Waals surface area contributed by atoms with Gasteiger partial charge in [-0.1, -0.05) is 0 Å². The minimum atomic E-state index is 0. The van der Waals surface area contributed by atoms with Crippen molar-refractivity contribution in [3.63, 3.8) is 0 Å².